The van der Waals surface area contributed by atoms with Crippen molar-refractivity contribution < 1.29 is 0 Å². The van der Waals surface area contributed by atoms with E-state index in [-0.39, 0.29) is 5.41 Å². The summed E-state index contributed by atoms with van der Waals surface area (Å²) in [7, 11) is 0. The average molecular weight is 947 g/mol. The maximum Gasteiger partial charge on any atom is 0.124 e. The van der Waals surface area contributed by atoms with E-state index in [4.69, 9.17) is 9.97 Å². The minimum absolute atomic E-state index is 0.306. The first-order chi connectivity index (χ1) is 34.9. The highest BCUT2D eigenvalue weighted by molar-refractivity contribution is 7.22. The van der Waals surface area contributed by atoms with E-state index in [1.54, 1.807) is 22.7 Å². The van der Waals surface area contributed by atoms with Crippen molar-refractivity contribution in [1.29, 1.82) is 0 Å². The molecular formula is C65H46N4S2. The molecule has 6 heteroatoms. The van der Waals surface area contributed by atoms with E-state index in [9.17, 15) is 0 Å². The van der Waals surface area contributed by atoms with Crippen molar-refractivity contribution in [2.45, 2.75) is 19.3 Å². The summed E-state index contributed by atoms with van der Waals surface area (Å²) in [5.74, 6) is 0. The third-order valence-corrected chi connectivity index (χ3v) is 16.1. The van der Waals surface area contributed by atoms with Crippen LogP contribution in [0.5, 0.6) is 0 Å². The molecule has 1 aliphatic rings. The fraction of sp³-hybridized carbons (Fsp3) is 0.0462. The van der Waals surface area contributed by atoms with E-state index < -0.39 is 0 Å². The SMILES string of the molecule is CC1(C)c2cc(N(c3ccc(-c4nc5ccccc5s4)cc3)c3cccc(-c4ccccc4)c3)ccc2-c2ccc(N(c3ccc(-c4nc5ccccc5s4)cc3)c3cccc(-c4ccccc4)c3)cc21. The van der Waals surface area contributed by atoms with Gasteiger partial charge in [-0.05, 0) is 166 Å². The second-order valence-corrected chi connectivity index (χ2v) is 20.7. The van der Waals surface area contributed by atoms with E-state index in [1.165, 1.54) is 53.9 Å². The Labute approximate surface area is 422 Å². The van der Waals surface area contributed by atoms with Crippen molar-refractivity contribution >= 4 is 77.2 Å². The van der Waals surface area contributed by atoms with Crippen LogP contribution in [0.15, 0.2) is 243 Å². The first-order valence-corrected chi connectivity index (χ1v) is 25.7. The lowest BCUT2D eigenvalue weighted by Gasteiger charge is -2.29. The number of hydrogen-bond acceptors (Lipinski definition) is 6. The Balaban J connectivity index is 0.896. The van der Waals surface area contributed by atoms with E-state index in [0.717, 1.165) is 66.3 Å². The zero-order chi connectivity index (χ0) is 47.5. The molecular weight excluding hydrogens is 901 g/mol. The van der Waals surface area contributed by atoms with E-state index in [0.29, 0.717) is 0 Å². The van der Waals surface area contributed by atoms with E-state index >= 15 is 0 Å². The van der Waals surface area contributed by atoms with Crippen molar-refractivity contribution in [3.05, 3.63) is 254 Å². The number of hydrogen-bond donors (Lipinski definition) is 0. The third-order valence-electron chi connectivity index (χ3n) is 13.9. The molecule has 0 saturated carbocycles. The molecule has 0 atom stereocenters. The lowest BCUT2D eigenvalue weighted by Crippen LogP contribution is -2.17. The molecule has 0 bridgehead atoms. The Bertz CT molecular complexity index is 3590. The molecule has 0 saturated heterocycles. The molecule has 13 rings (SSSR count). The predicted molar refractivity (Wildman–Crippen MR) is 301 cm³/mol. The van der Waals surface area contributed by atoms with Crippen LogP contribution in [0.4, 0.5) is 34.1 Å². The summed E-state index contributed by atoms with van der Waals surface area (Å²) in [5.41, 5.74) is 20.4. The molecule has 0 amide bonds. The van der Waals surface area contributed by atoms with Gasteiger partial charge in [-0.25, -0.2) is 9.97 Å². The summed E-state index contributed by atoms with van der Waals surface area (Å²) in [6.07, 6.45) is 0. The fourth-order valence-corrected chi connectivity index (χ4v) is 12.2. The van der Waals surface area contributed by atoms with Crippen LogP contribution in [0.3, 0.4) is 0 Å². The van der Waals surface area contributed by atoms with Gasteiger partial charge in [-0.2, -0.15) is 0 Å². The summed E-state index contributed by atoms with van der Waals surface area (Å²) in [6.45, 7) is 4.76. The molecule has 0 aliphatic heterocycles. The maximum atomic E-state index is 4.98. The Morgan fingerprint density at radius 3 is 1.10 bits per heavy atom. The van der Waals surface area contributed by atoms with Crippen LogP contribution in [-0.2, 0) is 5.41 Å². The van der Waals surface area contributed by atoms with Gasteiger partial charge in [0.2, 0.25) is 0 Å². The van der Waals surface area contributed by atoms with Gasteiger partial charge >= 0.3 is 0 Å². The minimum atomic E-state index is -0.306. The Morgan fingerprint density at radius 1 is 0.310 bits per heavy atom. The zero-order valence-corrected chi connectivity index (χ0v) is 40.8. The molecule has 0 spiro atoms. The summed E-state index contributed by atoms with van der Waals surface area (Å²) in [5, 5.41) is 2.05. The lowest BCUT2D eigenvalue weighted by molar-refractivity contribution is 0.660. The molecule has 0 radical (unpaired) electrons. The van der Waals surface area contributed by atoms with E-state index in [1.807, 2.05) is 0 Å². The highest BCUT2D eigenvalue weighted by Gasteiger charge is 2.37. The van der Waals surface area contributed by atoms with Crippen molar-refractivity contribution in [2.24, 2.45) is 0 Å². The van der Waals surface area contributed by atoms with E-state index in [2.05, 4.69) is 266 Å². The first kappa shape index (κ1) is 42.7. The number of thiazole rings is 2. The lowest BCUT2D eigenvalue weighted by atomic mass is 9.82. The van der Waals surface area contributed by atoms with Gasteiger partial charge in [0.25, 0.3) is 0 Å². The molecule has 12 aromatic rings. The van der Waals surface area contributed by atoms with Gasteiger partial charge in [0.15, 0.2) is 0 Å². The highest BCUT2D eigenvalue weighted by atomic mass is 32.1. The topological polar surface area (TPSA) is 32.3 Å². The number of benzene rings is 10. The van der Waals surface area contributed by atoms with Gasteiger partial charge in [-0.3, -0.25) is 0 Å². The molecule has 2 heterocycles. The molecule has 338 valence electrons. The normalized spacial score (nSPS) is 12.5. The van der Waals surface area contributed by atoms with Crippen LogP contribution < -0.4 is 9.80 Å². The van der Waals surface area contributed by atoms with Gasteiger partial charge in [-0.1, -0.05) is 135 Å². The maximum absolute atomic E-state index is 4.98. The first-order valence-electron chi connectivity index (χ1n) is 24.0. The standard InChI is InChI=1S/C65H46N4S2/c1-65(2)57-41-53(68(51-21-13-19-47(39-51)43-15-5-3-6-16-43)49-31-27-45(28-32-49)63-66-59-23-9-11-25-61(59)70-63)35-37-55(57)56-38-36-54(42-58(56)65)69(52-22-14-20-48(40-52)44-17-7-4-8-18-44)50-33-29-46(30-34-50)64-67-60-24-10-12-26-62(60)71-64/h3-42H,1-2H3. The molecule has 71 heavy (non-hydrogen) atoms. The molecule has 4 nitrogen and oxygen atoms in total. The van der Waals surface area contributed by atoms with Gasteiger partial charge < -0.3 is 9.80 Å². The highest BCUT2D eigenvalue weighted by Crippen LogP contribution is 2.53. The second-order valence-electron chi connectivity index (χ2n) is 18.7. The van der Waals surface area contributed by atoms with Crippen LogP contribution in [-0.4, -0.2) is 9.97 Å². The van der Waals surface area contributed by atoms with Crippen molar-refractivity contribution in [3.8, 4) is 54.5 Å². The molecule has 0 fully saturated rings. The summed E-state index contributed by atoms with van der Waals surface area (Å²) in [4.78, 5) is 14.8. The molecule has 0 unspecified atom stereocenters. The van der Waals surface area contributed by atoms with Crippen LogP contribution in [0.2, 0.25) is 0 Å². The number of fused-ring (bicyclic) bond motifs is 5. The molecule has 2 aromatic heterocycles. The zero-order valence-electron chi connectivity index (χ0n) is 39.2. The van der Waals surface area contributed by atoms with Crippen LogP contribution >= 0.6 is 22.7 Å². The second kappa shape index (κ2) is 17.5. The van der Waals surface area contributed by atoms with Crippen LogP contribution in [0.1, 0.15) is 25.0 Å². The Hall–Kier alpha value is -8.42. The third kappa shape index (κ3) is 7.78. The van der Waals surface area contributed by atoms with Gasteiger partial charge in [0, 0.05) is 50.7 Å². The number of nitrogens with zero attached hydrogens (tertiary/aromatic N) is 4. The van der Waals surface area contributed by atoms with Crippen molar-refractivity contribution in [1.82, 2.24) is 9.97 Å². The smallest absolute Gasteiger partial charge is 0.124 e. The van der Waals surface area contributed by atoms with Gasteiger partial charge in [0.1, 0.15) is 10.0 Å². The quantitative estimate of drug-likeness (QED) is 0.137. The van der Waals surface area contributed by atoms with Gasteiger partial charge in [-0.15, -0.1) is 22.7 Å². The predicted octanol–water partition coefficient (Wildman–Crippen LogP) is 18.8. The van der Waals surface area contributed by atoms with Crippen molar-refractivity contribution in [3.63, 3.8) is 0 Å². The summed E-state index contributed by atoms with van der Waals surface area (Å²) >= 11 is 3.47. The Morgan fingerprint density at radius 2 is 0.676 bits per heavy atom. The number of aromatic nitrogens is 2. The number of rotatable bonds is 10. The monoisotopic (exact) mass is 946 g/mol. The number of para-hydroxylation sites is 2. The number of anilines is 6. The minimum Gasteiger partial charge on any atom is -0.310 e. The molecule has 10 aromatic carbocycles. The fourth-order valence-electron chi connectivity index (χ4n) is 10.3. The van der Waals surface area contributed by atoms with Crippen molar-refractivity contribution in [2.75, 3.05) is 9.80 Å². The average Bonchev–Trinajstić information content (AvgIpc) is 4.13. The van der Waals surface area contributed by atoms with Crippen LogP contribution in [0, 0.1) is 0 Å². The molecule has 0 N–H and O–H groups in total. The van der Waals surface area contributed by atoms with Gasteiger partial charge in [0.05, 0.1) is 20.4 Å². The largest absolute Gasteiger partial charge is 0.310 e. The van der Waals surface area contributed by atoms with Crippen LogP contribution in [0.25, 0.3) is 75.0 Å². The molecule has 1 aliphatic carbocycles. The summed E-state index contributed by atoms with van der Waals surface area (Å²) in [6, 6.07) is 87.8. The Kier molecular flexibility index (Phi) is 10.5. The summed E-state index contributed by atoms with van der Waals surface area (Å²) < 4.78 is 2.39.